The first kappa shape index (κ1) is 21.6. The van der Waals surface area contributed by atoms with Crippen LogP contribution < -0.4 is 0 Å². The predicted octanol–water partition coefficient (Wildman–Crippen LogP) is 3.65. The molecular weight excluding hydrogens is 330 g/mol. The zero-order valence-corrected chi connectivity index (χ0v) is 17.7. The highest BCUT2D eigenvalue weighted by molar-refractivity contribution is 5.80. The number of piperidine rings is 1. The first-order chi connectivity index (χ1) is 12.0. The van der Waals surface area contributed by atoms with Crippen LogP contribution >= 0.6 is 0 Å². The maximum atomic E-state index is 12.6. The second-order valence-corrected chi connectivity index (χ2v) is 10.0. The molecule has 2 aliphatic rings. The lowest BCUT2D eigenvalue weighted by Gasteiger charge is -2.41. The molecule has 5 heteroatoms. The molecule has 0 radical (unpaired) electrons. The zero-order chi connectivity index (χ0) is 19.4. The molecule has 26 heavy (non-hydrogen) atoms. The van der Waals surface area contributed by atoms with Crippen LogP contribution in [0.1, 0.15) is 67.2 Å². The fourth-order valence-corrected chi connectivity index (χ4v) is 3.52. The normalized spacial score (nSPS) is 25.2. The molecule has 0 spiro atoms. The Morgan fingerprint density at radius 3 is 2.12 bits per heavy atom. The van der Waals surface area contributed by atoms with Crippen molar-refractivity contribution in [2.75, 3.05) is 32.9 Å². The fraction of sp³-hybridized carbons (Fsp3) is 0.952. The average Bonchev–Trinajstić information content (AvgIpc) is 2.48. The molecule has 0 atom stereocenters. The van der Waals surface area contributed by atoms with Crippen LogP contribution in [-0.2, 0) is 19.0 Å². The van der Waals surface area contributed by atoms with Crippen LogP contribution in [0.3, 0.4) is 0 Å². The van der Waals surface area contributed by atoms with Gasteiger partial charge in [0.25, 0.3) is 0 Å². The topological polar surface area (TPSA) is 48.0 Å². The molecule has 1 saturated heterocycles. The Bertz CT molecular complexity index is 438. The highest BCUT2D eigenvalue weighted by Crippen LogP contribution is 2.35. The molecule has 1 aliphatic heterocycles. The van der Waals surface area contributed by atoms with E-state index in [-0.39, 0.29) is 29.1 Å². The van der Waals surface area contributed by atoms with Crippen molar-refractivity contribution >= 4 is 5.91 Å². The molecule has 1 heterocycles. The van der Waals surface area contributed by atoms with Gasteiger partial charge in [-0.05, 0) is 51.9 Å². The van der Waals surface area contributed by atoms with Crippen LogP contribution in [0.25, 0.3) is 0 Å². The van der Waals surface area contributed by atoms with Gasteiger partial charge in [-0.2, -0.15) is 0 Å². The molecule has 5 nitrogen and oxygen atoms in total. The average molecular weight is 370 g/mol. The van der Waals surface area contributed by atoms with Crippen LogP contribution in [0.15, 0.2) is 0 Å². The molecule has 1 aliphatic carbocycles. The second-order valence-electron chi connectivity index (χ2n) is 10.0. The van der Waals surface area contributed by atoms with Gasteiger partial charge in [-0.15, -0.1) is 0 Å². The Balaban J connectivity index is 1.56. The van der Waals surface area contributed by atoms with Crippen LogP contribution in [0.5, 0.6) is 0 Å². The highest BCUT2D eigenvalue weighted by atomic mass is 16.5. The number of carbonyl (C=O) groups excluding carboxylic acids is 1. The molecule has 0 unspecified atom stereocenters. The van der Waals surface area contributed by atoms with E-state index in [1.165, 1.54) is 0 Å². The van der Waals surface area contributed by atoms with Crippen molar-refractivity contribution in [3.05, 3.63) is 0 Å². The lowest BCUT2D eigenvalue weighted by Crippen LogP contribution is -2.49. The quantitative estimate of drug-likeness (QED) is 0.643. The lowest BCUT2D eigenvalue weighted by atomic mass is 9.80. The number of rotatable bonds is 7. The zero-order valence-electron chi connectivity index (χ0n) is 17.7. The van der Waals surface area contributed by atoms with Crippen LogP contribution in [-0.4, -0.2) is 61.5 Å². The van der Waals surface area contributed by atoms with Gasteiger partial charge in [-0.1, -0.05) is 20.8 Å². The fourth-order valence-electron chi connectivity index (χ4n) is 3.52. The number of likely N-dealkylation sites (tertiary alicyclic amines) is 1. The Kier molecular flexibility index (Phi) is 7.52. The van der Waals surface area contributed by atoms with Gasteiger partial charge in [0.15, 0.2) is 0 Å². The molecule has 152 valence electrons. The minimum atomic E-state index is -0.120. The van der Waals surface area contributed by atoms with Crippen molar-refractivity contribution < 1.29 is 19.0 Å². The molecule has 0 aromatic carbocycles. The van der Waals surface area contributed by atoms with Crippen molar-refractivity contribution in [2.24, 2.45) is 11.3 Å². The van der Waals surface area contributed by atoms with Gasteiger partial charge in [0, 0.05) is 19.0 Å². The smallest absolute Gasteiger partial charge is 0.225 e. The summed E-state index contributed by atoms with van der Waals surface area (Å²) >= 11 is 0. The van der Waals surface area contributed by atoms with E-state index in [2.05, 4.69) is 41.5 Å². The second kappa shape index (κ2) is 9.03. The largest absolute Gasteiger partial charge is 0.379 e. The highest BCUT2D eigenvalue weighted by Gasteiger charge is 2.39. The van der Waals surface area contributed by atoms with E-state index in [0.717, 1.165) is 45.4 Å². The monoisotopic (exact) mass is 369 g/mol. The summed E-state index contributed by atoms with van der Waals surface area (Å²) in [6.07, 6.45) is 4.11. The Morgan fingerprint density at radius 2 is 1.58 bits per heavy atom. The van der Waals surface area contributed by atoms with E-state index < -0.39 is 0 Å². The van der Waals surface area contributed by atoms with Crippen molar-refractivity contribution in [2.45, 2.75) is 85.0 Å². The summed E-state index contributed by atoms with van der Waals surface area (Å²) in [7, 11) is 0. The van der Waals surface area contributed by atoms with Crippen molar-refractivity contribution in [1.82, 2.24) is 4.90 Å². The SMILES string of the molecule is CC(C)(C)COCCOC1CCN(C(=O)C2CC(OC(C)(C)C)C2)CC1. The van der Waals surface area contributed by atoms with Crippen LogP contribution in [0.4, 0.5) is 0 Å². The van der Waals surface area contributed by atoms with Gasteiger partial charge < -0.3 is 19.1 Å². The maximum absolute atomic E-state index is 12.6. The number of nitrogens with zero attached hydrogens (tertiary/aromatic N) is 1. The van der Waals surface area contributed by atoms with Crippen molar-refractivity contribution in [1.29, 1.82) is 0 Å². The lowest BCUT2D eigenvalue weighted by molar-refractivity contribution is -0.156. The van der Waals surface area contributed by atoms with Crippen LogP contribution in [0, 0.1) is 11.3 Å². The van der Waals surface area contributed by atoms with E-state index in [4.69, 9.17) is 14.2 Å². The van der Waals surface area contributed by atoms with Crippen molar-refractivity contribution in [3.63, 3.8) is 0 Å². The predicted molar refractivity (Wildman–Crippen MR) is 103 cm³/mol. The van der Waals surface area contributed by atoms with Gasteiger partial charge in [-0.3, -0.25) is 4.79 Å². The molecule has 0 bridgehead atoms. The summed E-state index contributed by atoms with van der Waals surface area (Å²) in [4.78, 5) is 14.6. The summed E-state index contributed by atoms with van der Waals surface area (Å²) in [6.45, 7) is 16.4. The first-order valence-corrected chi connectivity index (χ1v) is 10.2. The number of hydrogen-bond acceptors (Lipinski definition) is 4. The number of amides is 1. The van der Waals surface area contributed by atoms with Crippen molar-refractivity contribution in [3.8, 4) is 0 Å². The number of ether oxygens (including phenoxy) is 3. The molecule has 2 rings (SSSR count). The van der Waals surface area contributed by atoms with Gasteiger partial charge in [-0.25, -0.2) is 0 Å². The maximum Gasteiger partial charge on any atom is 0.225 e. The molecule has 1 saturated carbocycles. The molecule has 0 N–H and O–H groups in total. The summed E-state index contributed by atoms with van der Waals surface area (Å²) in [5.74, 6) is 0.469. The van der Waals surface area contributed by atoms with Gasteiger partial charge >= 0.3 is 0 Å². The van der Waals surface area contributed by atoms with Gasteiger partial charge in [0.1, 0.15) is 0 Å². The van der Waals surface area contributed by atoms with E-state index in [9.17, 15) is 4.79 Å². The minimum absolute atomic E-state index is 0.120. The Morgan fingerprint density at radius 1 is 0.962 bits per heavy atom. The summed E-state index contributed by atoms with van der Waals surface area (Å²) in [6, 6.07) is 0. The summed E-state index contributed by atoms with van der Waals surface area (Å²) < 4.78 is 17.5. The molecule has 2 fully saturated rings. The number of hydrogen-bond donors (Lipinski definition) is 0. The summed E-state index contributed by atoms with van der Waals surface area (Å²) in [5.41, 5.74) is 0.0785. The van der Waals surface area contributed by atoms with E-state index in [1.54, 1.807) is 0 Å². The standard InChI is InChI=1S/C21H39NO4/c1-20(2,3)15-24-11-12-25-17-7-9-22(10-8-17)19(23)16-13-18(14-16)26-21(4,5)6/h16-18H,7-15H2,1-6H3. The Labute approximate surface area is 159 Å². The molecular formula is C21H39NO4. The molecule has 0 aromatic rings. The molecule has 0 aromatic heterocycles. The third-order valence-corrected chi connectivity index (χ3v) is 4.83. The molecule has 1 amide bonds. The third-order valence-electron chi connectivity index (χ3n) is 4.83. The third kappa shape index (κ3) is 7.53. The minimum Gasteiger partial charge on any atom is -0.379 e. The van der Waals surface area contributed by atoms with Gasteiger partial charge in [0.05, 0.1) is 37.6 Å². The Hall–Kier alpha value is -0.650. The van der Waals surface area contributed by atoms with E-state index >= 15 is 0 Å². The first-order valence-electron chi connectivity index (χ1n) is 10.2. The summed E-state index contributed by atoms with van der Waals surface area (Å²) in [5, 5.41) is 0. The van der Waals surface area contributed by atoms with Gasteiger partial charge in [0.2, 0.25) is 5.91 Å². The van der Waals surface area contributed by atoms with E-state index in [0.29, 0.717) is 19.1 Å². The van der Waals surface area contributed by atoms with Crippen LogP contribution in [0.2, 0.25) is 0 Å². The number of carbonyl (C=O) groups is 1. The van der Waals surface area contributed by atoms with E-state index in [1.807, 2.05) is 4.90 Å².